The number of aliphatic hydroxyl groups excluding tert-OH is 1. The highest BCUT2D eigenvalue weighted by atomic mass is 32.1. The van der Waals surface area contributed by atoms with Crippen LogP contribution in [-0.2, 0) is 9.59 Å². The van der Waals surface area contributed by atoms with Crippen LogP contribution in [0, 0.1) is 17.0 Å². The molecule has 178 valence electrons. The maximum Gasteiger partial charge on any atom is 0.296 e. The van der Waals surface area contributed by atoms with Crippen molar-refractivity contribution in [2.45, 2.75) is 13.0 Å². The molecule has 0 saturated heterocycles. The number of amides is 1. The number of carbonyl (C=O) groups is 2. The molecule has 2 heterocycles. The third kappa shape index (κ3) is 4.16. The van der Waals surface area contributed by atoms with E-state index in [9.17, 15) is 24.8 Å². The number of carbonyl (C=O) groups excluding carboxylic acids is 2. The van der Waals surface area contributed by atoms with E-state index in [0.717, 1.165) is 15.8 Å². The fraction of sp³-hybridized carbons (Fsp3) is 0.0741. The zero-order chi connectivity index (χ0) is 25.4. The van der Waals surface area contributed by atoms with Gasteiger partial charge in [0.05, 0.1) is 26.8 Å². The number of ketones is 1. The highest BCUT2D eigenvalue weighted by Crippen LogP contribution is 2.44. The Kier molecular flexibility index (Phi) is 5.91. The molecule has 3 aromatic carbocycles. The van der Waals surface area contributed by atoms with E-state index in [0.29, 0.717) is 16.2 Å². The Morgan fingerprint density at radius 2 is 1.83 bits per heavy atom. The first-order chi connectivity index (χ1) is 17.3. The molecule has 1 amide bonds. The summed E-state index contributed by atoms with van der Waals surface area (Å²) in [5.41, 5.74) is 2.68. The normalized spacial score (nSPS) is 15.9. The first-order valence-corrected chi connectivity index (χ1v) is 11.8. The molecule has 4 aromatic rings. The number of fused-ring (bicyclic) bond motifs is 1. The molecule has 0 bridgehead atoms. The molecule has 1 aliphatic rings. The summed E-state index contributed by atoms with van der Waals surface area (Å²) in [5, 5.41) is 22.3. The van der Waals surface area contributed by atoms with Crippen LogP contribution in [0.25, 0.3) is 16.3 Å². The van der Waals surface area contributed by atoms with Crippen LogP contribution < -0.4 is 4.90 Å². The van der Waals surface area contributed by atoms with Crippen molar-refractivity contribution in [1.82, 2.24) is 4.98 Å². The van der Waals surface area contributed by atoms with Gasteiger partial charge in [0.1, 0.15) is 0 Å². The number of rotatable bonds is 6. The van der Waals surface area contributed by atoms with E-state index in [-0.39, 0.29) is 11.3 Å². The van der Waals surface area contributed by atoms with Crippen LogP contribution in [0.5, 0.6) is 0 Å². The van der Waals surface area contributed by atoms with Crippen LogP contribution in [0.1, 0.15) is 22.7 Å². The van der Waals surface area contributed by atoms with E-state index in [1.165, 1.54) is 46.6 Å². The molecule has 9 heteroatoms. The van der Waals surface area contributed by atoms with Crippen molar-refractivity contribution in [2.75, 3.05) is 4.90 Å². The molecule has 8 nitrogen and oxygen atoms in total. The molecule has 0 aliphatic carbocycles. The van der Waals surface area contributed by atoms with E-state index in [2.05, 4.69) is 4.98 Å². The summed E-state index contributed by atoms with van der Waals surface area (Å²) in [6.07, 6.45) is 2.90. The monoisotopic (exact) mass is 497 g/mol. The number of hydrogen-bond acceptors (Lipinski definition) is 7. The standard InChI is InChI=1S/C27H19N3O5S/c1-16-7-13-20-22(15-16)36-27(28-20)29-24(18-9-11-19(12-10-18)30(34)35)23(25(32)26(29)33)21(31)14-8-17-5-3-2-4-6-17/h2-15,24,32H,1H3. The smallest absolute Gasteiger partial charge is 0.296 e. The van der Waals surface area contributed by atoms with Crippen LogP contribution >= 0.6 is 11.3 Å². The van der Waals surface area contributed by atoms with Crippen molar-refractivity contribution < 1.29 is 19.6 Å². The number of aryl methyl sites for hydroxylation is 1. The Labute approximate surface area is 209 Å². The maximum absolute atomic E-state index is 13.3. The van der Waals surface area contributed by atoms with E-state index in [1.807, 2.05) is 55.5 Å². The summed E-state index contributed by atoms with van der Waals surface area (Å²) in [7, 11) is 0. The van der Waals surface area contributed by atoms with Crippen molar-refractivity contribution in [3.05, 3.63) is 117 Å². The molecule has 0 radical (unpaired) electrons. The second kappa shape index (κ2) is 9.20. The van der Waals surface area contributed by atoms with Crippen LogP contribution in [0.4, 0.5) is 10.8 Å². The van der Waals surface area contributed by atoms with Gasteiger partial charge in [-0.3, -0.25) is 24.6 Å². The third-order valence-corrected chi connectivity index (χ3v) is 6.88. The van der Waals surface area contributed by atoms with E-state index < -0.39 is 28.4 Å². The lowest BCUT2D eigenvalue weighted by Gasteiger charge is -2.24. The number of hydrogen-bond donors (Lipinski definition) is 1. The fourth-order valence-electron chi connectivity index (χ4n) is 4.10. The van der Waals surface area contributed by atoms with Gasteiger partial charge in [-0.1, -0.05) is 53.8 Å². The number of benzene rings is 3. The lowest BCUT2D eigenvalue weighted by molar-refractivity contribution is -0.384. The summed E-state index contributed by atoms with van der Waals surface area (Å²) in [4.78, 5) is 43.1. The molecule has 1 unspecified atom stereocenters. The minimum Gasteiger partial charge on any atom is -0.503 e. The Bertz CT molecular complexity index is 1570. The van der Waals surface area contributed by atoms with Crippen LogP contribution in [-0.4, -0.2) is 26.7 Å². The second-order valence-corrected chi connectivity index (χ2v) is 9.27. The topological polar surface area (TPSA) is 114 Å². The summed E-state index contributed by atoms with van der Waals surface area (Å²) >= 11 is 1.26. The highest BCUT2D eigenvalue weighted by Gasteiger charge is 2.45. The quantitative estimate of drug-likeness (QED) is 0.208. The molecule has 1 aromatic heterocycles. The molecule has 36 heavy (non-hydrogen) atoms. The number of thiazole rings is 1. The van der Waals surface area contributed by atoms with Crippen molar-refractivity contribution in [3.8, 4) is 0 Å². The minimum absolute atomic E-state index is 0.114. The Hall–Kier alpha value is -4.63. The average Bonchev–Trinajstić information content (AvgIpc) is 3.41. The highest BCUT2D eigenvalue weighted by molar-refractivity contribution is 7.22. The van der Waals surface area contributed by atoms with Gasteiger partial charge in [0.15, 0.2) is 16.7 Å². The lowest BCUT2D eigenvalue weighted by atomic mass is 9.95. The molecule has 1 atom stereocenters. The first-order valence-electron chi connectivity index (χ1n) is 11.0. The maximum atomic E-state index is 13.3. The van der Waals surface area contributed by atoms with Crippen LogP contribution in [0.3, 0.4) is 0 Å². The van der Waals surface area contributed by atoms with Gasteiger partial charge in [0.2, 0.25) is 0 Å². The van der Waals surface area contributed by atoms with E-state index >= 15 is 0 Å². The molecular formula is C27H19N3O5S. The zero-order valence-corrected chi connectivity index (χ0v) is 19.8. The Balaban J connectivity index is 1.61. The molecule has 0 saturated carbocycles. The molecule has 1 aliphatic heterocycles. The fourth-order valence-corrected chi connectivity index (χ4v) is 5.19. The van der Waals surface area contributed by atoms with Gasteiger partial charge in [-0.2, -0.15) is 0 Å². The van der Waals surface area contributed by atoms with Gasteiger partial charge in [0, 0.05) is 12.1 Å². The number of anilines is 1. The van der Waals surface area contributed by atoms with Gasteiger partial charge in [-0.15, -0.1) is 0 Å². The number of nitro benzene ring substituents is 1. The summed E-state index contributed by atoms with van der Waals surface area (Å²) in [6.45, 7) is 1.95. The van der Waals surface area contributed by atoms with Gasteiger partial charge < -0.3 is 5.11 Å². The second-order valence-electron chi connectivity index (χ2n) is 8.26. The Morgan fingerprint density at radius 3 is 2.53 bits per heavy atom. The van der Waals surface area contributed by atoms with Gasteiger partial charge in [-0.25, -0.2) is 4.98 Å². The van der Waals surface area contributed by atoms with E-state index in [1.54, 1.807) is 6.08 Å². The summed E-state index contributed by atoms with van der Waals surface area (Å²) in [5.74, 6) is -1.98. The average molecular weight is 498 g/mol. The molecule has 0 fully saturated rings. The zero-order valence-electron chi connectivity index (χ0n) is 19.0. The minimum atomic E-state index is -1.01. The number of nitrogens with zero attached hydrogens (tertiary/aromatic N) is 3. The molecule has 5 rings (SSSR count). The van der Waals surface area contributed by atoms with Gasteiger partial charge in [-0.05, 0) is 54.0 Å². The van der Waals surface area contributed by atoms with E-state index in [4.69, 9.17) is 0 Å². The molecule has 0 spiro atoms. The molecule has 1 N–H and O–H groups in total. The van der Waals surface area contributed by atoms with Gasteiger partial charge in [0.25, 0.3) is 11.6 Å². The number of allylic oxidation sites excluding steroid dienone is 1. The van der Waals surface area contributed by atoms with Crippen molar-refractivity contribution in [1.29, 1.82) is 0 Å². The molecular weight excluding hydrogens is 478 g/mol. The number of nitro groups is 1. The van der Waals surface area contributed by atoms with Crippen molar-refractivity contribution >= 4 is 50.1 Å². The number of aliphatic hydroxyl groups is 1. The van der Waals surface area contributed by atoms with Gasteiger partial charge >= 0.3 is 0 Å². The largest absolute Gasteiger partial charge is 0.503 e. The third-order valence-electron chi connectivity index (χ3n) is 5.86. The van der Waals surface area contributed by atoms with Crippen molar-refractivity contribution in [3.63, 3.8) is 0 Å². The number of aromatic nitrogens is 1. The summed E-state index contributed by atoms with van der Waals surface area (Å²) < 4.78 is 0.850. The lowest BCUT2D eigenvalue weighted by Crippen LogP contribution is -2.30. The van der Waals surface area contributed by atoms with Crippen molar-refractivity contribution in [2.24, 2.45) is 0 Å². The van der Waals surface area contributed by atoms with Crippen LogP contribution in [0.2, 0.25) is 0 Å². The van der Waals surface area contributed by atoms with Crippen LogP contribution in [0.15, 0.2) is 90.2 Å². The Morgan fingerprint density at radius 1 is 1.11 bits per heavy atom. The predicted octanol–water partition coefficient (Wildman–Crippen LogP) is 5.70. The first kappa shape index (κ1) is 23.1. The SMILES string of the molecule is Cc1ccc2nc(N3C(=O)C(O)=C(C(=O)C=Cc4ccccc4)C3c3ccc([N+](=O)[O-])cc3)sc2c1. The predicted molar refractivity (Wildman–Crippen MR) is 138 cm³/mol. The summed E-state index contributed by atoms with van der Waals surface area (Å²) in [6, 6.07) is 19.4. The number of non-ortho nitro benzene ring substituents is 1.